The van der Waals surface area contributed by atoms with Crippen molar-refractivity contribution in [3.05, 3.63) is 52.6 Å². The zero-order valence-electron chi connectivity index (χ0n) is 16.1. The molecule has 0 aliphatic carbocycles. The van der Waals surface area contributed by atoms with Crippen molar-refractivity contribution in [1.29, 1.82) is 0 Å². The number of rotatable bonds is 8. The molecule has 0 bridgehead atoms. The van der Waals surface area contributed by atoms with Crippen molar-refractivity contribution in [3.63, 3.8) is 0 Å². The zero-order valence-corrected chi connectivity index (χ0v) is 16.1. The van der Waals surface area contributed by atoms with Crippen LogP contribution in [0.2, 0.25) is 0 Å². The van der Waals surface area contributed by atoms with Crippen LogP contribution in [-0.2, 0) is 17.8 Å². The van der Waals surface area contributed by atoms with Gasteiger partial charge in [0.25, 0.3) is 0 Å². The van der Waals surface area contributed by atoms with Gasteiger partial charge in [-0.25, -0.2) is 0 Å². The van der Waals surface area contributed by atoms with E-state index in [2.05, 4.69) is 37.4 Å². The highest BCUT2D eigenvalue weighted by Gasteiger charge is 2.16. The third-order valence-electron chi connectivity index (χ3n) is 4.47. The van der Waals surface area contributed by atoms with Crippen LogP contribution in [0.25, 0.3) is 0 Å². The third-order valence-corrected chi connectivity index (χ3v) is 4.47. The molecule has 1 N–H and O–H groups in total. The number of nitrogens with one attached hydrogen (secondary N) is 1. The molecule has 140 valence electrons. The quantitative estimate of drug-likeness (QED) is 0.785. The lowest BCUT2D eigenvalue weighted by molar-refractivity contribution is -0.121. The first-order chi connectivity index (χ1) is 12.5. The highest BCUT2D eigenvalue weighted by molar-refractivity contribution is 5.76. The van der Waals surface area contributed by atoms with Gasteiger partial charge in [0.15, 0.2) is 11.5 Å². The molecular weight excluding hydrogens is 330 g/mol. The van der Waals surface area contributed by atoms with Gasteiger partial charge in [-0.1, -0.05) is 18.2 Å². The van der Waals surface area contributed by atoms with E-state index in [0.29, 0.717) is 30.2 Å². The van der Waals surface area contributed by atoms with Gasteiger partial charge in [0, 0.05) is 18.5 Å². The Kier molecular flexibility index (Phi) is 6.89. The van der Waals surface area contributed by atoms with Gasteiger partial charge in [0.2, 0.25) is 11.7 Å². The Labute approximate surface area is 155 Å². The summed E-state index contributed by atoms with van der Waals surface area (Å²) in [6, 6.07) is 9.98. The average molecular weight is 357 g/mol. The molecule has 2 aromatic carbocycles. The predicted octanol–water partition coefficient (Wildman–Crippen LogP) is 3.58. The van der Waals surface area contributed by atoms with Gasteiger partial charge < -0.3 is 19.5 Å². The van der Waals surface area contributed by atoms with E-state index in [1.54, 1.807) is 27.4 Å². The van der Waals surface area contributed by atoms with E-state index in [-0.39, 0.29) is 5.91 Å². The second-order valence-corrected chi connectivity index (χ2v) is 6.19. The summed E-state index contributed by atoms with van der Waals surface area (Å²) in [6.45, 7) is 4.54. The number of methoxy groups -OCH3 is 3. The van der Waals surface area contributed by atoms with E-state index in [0.717, 1.165) is 12.0 Å². The molecule has 0 aliphatic rings. The number of hydrogen-bond acceptors (Lipinski definition) is 4. The van der Waals surface area contributed by atoms with E-state index in [1.807, 2.05) is 6.07 Å². The number of ether oxygens (including phenoxy) is 3. The number of amides is 1. The summed E-state index contributed by atoms with van der Waals surface area (Å²) in [5.41, 5.74) is 4.52. The molecule has 0 saturated heterocycles. The molecule has 5 heteroatoms. The van der Waals surface area contributed by atoms with E-state index in [4.69, 9.17) is 14.2 Å². The predicted molar refractivity (Wildman–Crippen MR) is 102 cm³/mol. The maximum Gasteiger partial charge on any atom is 0.220 e. The highest BCUT2D eigenvalue weighted by atomic mass is 16.5. The summed E-state index contributed by atoms with van der Waals surface area (Å²) in [5, 5.41) is 2.94. The minimum absolute atomic E-state index is 0.0000611. The van der Waals surface area contributed by atoms with Crippen LogP contribution in [0, 0.1) is 13.8 Å². The summed E-state index contributed by atoms with van der Waals surface area (Å²) in [7, 11) is 4.71. The average Bonchev–Trinajstić information content (AvgIpc) is 2.66. The van der Waals surface area contributed by atoms with Gasteiger partial charge in [-0.15, -0.1) is 0 Å². The van der Waals surface area contributed by atoms with Crippen molar-refractivity contribution in [2.24, 2.45) is 0 Å². The Bertz CT molecular complexity index is 771. The Morgan fingerprint density at radius 3 is 2.27 bits per heavy atom. The molecule has 0 aromatic heterocycles. The third kappa shape index (κ3) is 4.69. The van der Waals surface area contributed by atoms with Crippen molar-refractivity contribution in [1.82, 2.24) is 5.32 Å². The first-order valence-electron chi connectivity index (χ1n) is 8.60. The van der Waals surface area contributed by atoms with Crippen LogP contribution in [0.1, 0.15) is 28.7 Å². The van der Waals surface area contributed by atoms with Crippen LogP contribution in [0.4, 0.5) is 0 Å². The summed E-state index contributed by atoms with van der Waals surface area (Å²) in [6.07, 6.45) is 1.16. The van der Waals surface area contributed by atoms with Crippen LogP contribution in [0.5, 0.6) is 17.2 Å². The maximum atomic E-state index is 12.2. The van der Waals surface area contributed by atoms with Gasteiger partial charge >= 0.3 is 0 Å². The van der Waals surface area contributed by atoms with Crippen LogP contribution in [0.15, 0.2) is 30.3 Å². The van der Waals surface area contributed by atoms with Crippen molar-refractivity contribution in [3.8, 4) is 17.2 Å². The van der Waals surface area contributed by atoms with Crippen LogP contribution < -0.4 is 19.5 Å². The number of carbonyl (C=O) groups excluding carboxylic acids is 1. The fraction of sp³-hybridized carbons (Fsp3) is 0.381. The lowest BCUT2D eigenvalue weighted by Crippen LogP contribution is -2.23. The van der Waals surface area contributed by atoms with Gasteiger partial charge in [0.1, 0.15) is 0 Å². The molecule has 1 amide bonds. The van der Waals surface area contributed by atoms with Gasteiger partial charge in [-0.3, -0.25) is 4.79 Å². The summed E-state index contributed by atoms with van der Waals surface area (Å²) in [4.78, 5) is 12.2. The summed E-state index contributed by atoms with van der Waals surface area (Å²) >= 11 is 0. The summed E-state index contributed by atoms with van der Waals surface area (Å²) in [5.74, 6) is 1.69. The lowest BCUT2D eigenvalue weighted by Gasteiger charge is -2.16. The zero-order chi connectivity index (χ0) is 19.1. The number of carbonyl (C=O) groups is 1. The molecule has 0 heterocycles. The molecule has 0 radical (unpaired) electrons. The Balaban J connectivity index is 1.97. The highest BCUT2D eigenvalue weighted by Crippen LogP contribution is 2.39. The molecule has 5 nitrogen and oxygen atoms in total. The van der Waals surface area contributed by atoms with E-state index in [1.165, 1.54) is 16.7 Å². The number of benzene rings is 2. The Morgan fingerprint density at radius 2 is 1.65 bits per heavy atom. The smallest absolute Gasteiger partial charge is 0.220 e. The van der Waals surface area contributed by atoms with Crippen molar-refractivity contribution < 1.29 is 19.0 Å². The first kappa shape index (κ1) is 19.6. The van der Waals surface area contributed by atoms with Gasteiger partial charge in [-0.05, 0) is 49.1 Å². The molecule has 0 saturated carbocycles. The minimum atomic E-state index is 0.0000611. The molecule has 26 heavy (non-hydrogen) atoms. The molecule has 2 rings (SSSR count). The monoisotopic (exact) mass is 357 g/mol. The molecule has 0 aliphatic heterocycles. The topological polar surface area (TPSA) is 56.8 Å². The van der Waals surface area contributed by atoms with Gasteiger partial charge in [-0.2, -0.15) is 0 Å². The maximum absolute atomic E-state index is 12.2. The minimum Gasteiger partial charge on any atom is -0.493 e. The SMILES string of the molecule is COc1ccc(CNC(=O)CCc2ccc(C)c(C)c2)c(OC)c1OC. The Hall–Kier alpha value is -2.69. The molecule has 0 spiro atoms. The Morgan fingerprint density at radius 1 is 0.923 bits per heavy atom. The molecule has 2 aromatic rings. The first-order valence-corrected chi connectivity index (χ1v) is 8.60. The summed E-state index contributed by atoms with van der Waals surface area (Å²) < 4.78 is 16.1. The number of aryl methyl sites for hydroxylation is 3. The van der Waals surface area contributed by atoms with Crippen molar-refractivity contribution in [2.75, 3.05) is 21.3 Å². The standard InChI is InChI=1S/C21H27NO4/c1-14-6-7-16(12-15(14)2)8-11-19(23)22-13-17-9-10-18(24-3)21(26-5)20(17)25-4/h6-7,9-10,12H,8,11,13H2,1-5H3,(H,22,23). The van der Waals surface area contributed by atoms with Crippen LogP contribution in [-0.4, -0.2) is 27.2 Å². The van der Waals surface area contributed by atoms with E-state index < -0.39 is 0 Å². The fourth-order valence-electron chi connectivity index (χ4n) is 2.80. The van der Waals surface area contributed by atoms with E-state index in [9.17, 15) is 4.79 Å². The molecule has 0 atom stereocenters. The van der Waals surface area contributed by atoms with Gasteiger partial charge in [0.05, 0.1) is 21.3 Å². The lowest BCUT2D eigenvalue weighted by atomic mass is 10.0. The molecule has 0 fully saturated rings. The molecule has 0 unspecified atom stereocenters. The van der Waals surface area contributed by atoms with Crippen molar-refractivity contribution in [2.45, 2.75) is 33.2 Å². The fourth-order valence-corrected chi connectivity index (χ4v) is 2.80. The number of hydrogen-bond donors (Lipinski definition) is 1. The van der Waals surface area contributed by atoms with Crippen LogP contribution in [0.3, 0.4) is 0 Å². The van der Waals surface area contributed by atoms with Crippen molar-refractivity contribution >= 4 is 5.91 Å². The van der Waals surface area contributed by atoms with E-state index >= 15 is 0 Å². The second kappa shape index (κ2) is 9.13. The van der Waals surface area contributed by atoms with Crippen LogP contribution >= 0.6 is 0 Å². The normalized spacial score (nSPS) is 10.3. The largest absolute Gasteiger partial charge is 0.493 e. The second-order valence-electron chi connectivity index (χ2n) is 6.19. The molecular formula is C21H27NO4.